The molecule has 176 valence electrons. The largest absolute Gasteiger partial charge is 0.355 e. The summed E-state index contributed by atoms with van der Waals surface area (Å²) in [7, 11) is 0. The van der Waals surface area contributed by atoms with Gasteiger partial charge in [-0.05, 0) is 50.4 Å². The first-order valence-electron chi connectivity index (χ1n) is 13.4. The number of amides is 2. The fraction of sp³-hybridized carbons (Fsp3) is 0.923. The molecule has 0 unspecified atom stereocenters. The van der Waals surface area contributed by atoms with E-state index in [-0.39, 0.29) is 11.8 Å². The fourth-order valence-corrected chi connectivity index (χ4v) is 6.36. The van der Waals surface area contributed by atoms with E-state index in [0.717, 1.165) is 64.7 Å². The number of hydrogen-bond donors (Lipinski definition) is 0. The maximum Gasteiger partial charge on any atom is 0.251 e. The molecule has 0 radical (unpaired) electrons. The maximum absolute atomic E-state index is 13.5. The van der Waals surface area contributed by atoms with Crippen molar-refractivity contribution in [2.75, 3.05) is 26.2 Å². The Morgan fingerprint density at radius 3 is 1.29 bits per heavy atom. The highest BCUT2D eigenvalue weighted by atomic mass is 16.5. The zero-order chi connectivity index (χ0) is 21.5. The highest BCUT2D eigenvalue weighted by molar-refractivity contribution is 5.84. The van der Waals surface area contributed by atoms with Crippen LogP contribution >= 0.6 is 0 Å². The first kappa shape index (κ1) is 23.1. The summed E-state index contributed by atoms with van der Waals surface area (Å²) in [4.78, 5) is 30.9. The van der Waals surface area contributed by atoms with E-state index in [1.807, 2.05) is 9.80 Å². The summed E-state index contributed by atoms with van der Waals surface area (Å²) in [6.07, 6.45) is 17.7. The smallest absolute Gasteiger partial charge is 0.251 e. The topological polar surface area (TPSA) is 49.9 Å². The van der Waals surface area contributed by atoms with Gasteiger partial charge in [0.1, 0.15) is 12.2 Å². The minimum Gasteiger partial charge on any atom is -0.355 e. The number of carbonyl (C=O) groups is 2. The minimum atomic E-state index is -0.429. The van der Waals surface area contributed by atoms with E-state index in [1.165, 1.54) is 64.2 Å². The summed E-state index contributed by atoms with van der Waals surface area (Å²) in [6.45, 7) is 3.43. The first-order chi connectivity index (χ1) is 15.2. The van der Waals surface area contributed by atoms with Crippen molar-refractivity contribution < 1.29 is 14.3 Å². The lowest BCUT2D eigenvalue weighted by Crippen LogP contribution is -2.47. The van der Waals surface area contributed by atoms with Crippen molar-refractivity contribution in [2.45, 2.75) is 115 Å². The molecule has 0 N–H and O–H groups in total. The van der Waals surface area contributed by atoms with Crippen LogP contribution in [0.3, 0.4) is 0 Å². The van der Waals surface area contributed by atoms with Gasteiger partial charge in [0.05, 0.1) is 0 Å². The predicted molar refractivity (Wildman–Crippen MR) is 123 cm³/mol. The summed E-state index contributed by atoms with van der Waals surface area (Å²) in [5.74, 6) is 1.46. The number of nitrogens with zero attached hydrogens (tertiary/aromatic N) is 2. The van der Waals surface area contributed by atoms with Gasteiger partial charge >= 0.3 is 0 Å². The second-order valence-corrected chi connectivity index (χ2v) is 10.7. The highest BCUT2D eigenvalue weighted by Crippen LogP contribution is 2.32. The monoisotopic (exact) mass is 432 g/mol. The van der Waals surface area contributed by atoms with Crippen molar-refractivity contribution in [1.29, 1.82) is 0 Å². The van der Waals surface area contributed by atoms with Crippen molar-refractivity contribution in [3.05, 3.63) is 0 Å². The van der Waals surface area contributed by atoms with Gasteiger partial charge in [-0.25, -0.2) is 0 Å². The van der Waals surface area contributed by atoms with Crippen LogP contribution in [0.2, 0.25) is 0 Å². The summed E-state index contributed by atoms with van der Waals surface area (Å²) < 4.78 is 6.62. The van der Waals surface area contributed by atoms with Crippen LogP contribution in [-0.2, 0) is 14.3 Å². The summed E-state index contributed by atoms with van der Waals surface area (Å²) in [5, 5.41) is 0. The lowest BCUT2D eigenvalue weighted by molar-refractivity contribution is -0.160. The Kier molecular flexibility index (Phi) is 8.69. The van der Waals surface area contributed by atoms with Gasteiger partial charge in [0, 0.05) is 26.2 Å². The minimum absolute atomic E-state index is 0.158. The Morgan fingerprint density at radius 2 is 0.935 bits per heavy atom. The van der Waals surface area contributed by atoms with Crippen LogP contribution in [0, 0.1) is 11.8 Å². The number of carbonyl (C=O) groups excluding carboxylic acids is 2. The maximum atomic E-state index is 13.5. The van der Waals surface area contributed by atoms with Gasteiger partial charge in [-0.1, -0.05) is 64.2 Å². The van der Waals surface area contributed by atoms with Crippen LogP contribution in [0.25, 0.3) is 0 Å². The van der Waals surface area contributed by atoms with E-state index in [1.54, 1.807) is 0 Å². The third-order valence-corrected chi connectivity index (χ3v) is 8.26. The molecule has 0 aromatic heterocycles. The van der Waals surface area contributed by atoms with Gasteiger partial charge in [0.25, 0.3) is 11.8 Å². The van der Waals surface area contributed by atoms with Gasteiger partial charge in [-0.3, -0.25) is 9.59 Å². The van der Waals surface area contributed by atoms with E-state index in [9.17, 15) is 9.59 Å². The van der Waals surface area contributed by atoms with E-state index < -0.39 is 12.2 Å². The Labute approximate surface area is 189 Å². The van der Waals surface area contributed by atoms with Gasteiger partial charge in [0.2, 0.25) is 0 Å². The molecule has 0 aromatic rings. The molecule has 5 heteroatoms. The number of ether oxygens (including phenoxy) is 1. The van der Waals surface area contributed by atoms with Crippen LogP contribution in [0.5, 0.6) is 0 Å². The van der Waals surface area contributed by atoms with Crippen molar-refractivity contribution in [2.24, 2.45) is 11.8 Å². The first-order valence-corrected chi connectivity index (χ1v) is 13.4. The average molecular weight is 433 g/mol. The molecule has 2 aliphatic heterocycles. The van der Waals surface area contributed by atoms with E-state index >= 15 is 0 Å². The van der Waals surface area contributed by atoms with Crippen molar-refractivity contribution >= 4 is 11.8 Å². The molecule has 2 aliphatic carbocycles. The lowest BCUT2D eigenvalue weighted by atomic mass is 9.84. The Bertz CT molecular complexity index is 521. The molecule has 2 saturated heterocycles. The summed E-state index contributed by atoms with van der Waals surface area (Å²) >= 11 is 0. The second-order valence-electron chi connectivity index (χ2n) is 10.7. The van der Waals surface area contributed by atoms with Gasteiger partial charge < -0.3 is 14.5 Å². The Hall–Kier alpha value is -1.10. The standard InChI is InChI=1S/C26H44N2O3/c29-25(27-15-7-8-16-27)23(19-21-11-3-1-4-12-21)31-24(20-22-13-5-2-6-14-22)26(30)28-17-9-10-18-28/h21-24H,1-20H2/t23-,24-/m0/s1. The SMILES string of the molecule is O=C([C@H](CC1CCCCC1)O[C@@H](CC1CCCCC1)C(=O)N1CCCC1)N1CCCC1. The molecule has 4 fully saturated rings. The third kappa shape index (κ3) is 6.46. The van der Waals surface area contributed by atoms with Crippen LogP contribution in [0.15, 0.2) is 0 Å². The van der Waals surface area contributed by atoms with E-state index in [4.69, 9.17) is 4.74 Å². The molecule has 2 heterocycles. The van der Waals surface area contributed by atoms with Crippen molar-refractivity contribution in [3.8, 4) is 0 Å². The van der Waals surface area contributed by atoms with Crippen LogP contribution in [0.4, 0.5) is 0 Å². The Morgan fingerprint density at radius 1 is 0.581 bits per heavy atom. The second kappa shape index (κ2) is 11.7. The lowest BCUT2D eigenvalue weighted by Gasteiger charge is -2.34. The summed E-state index contributed by atoms with van der Waals surface area (Å²) in [6, 6.07) is 0. The van der Waals surface area contributed by atoms with Crippen LogP contribution in [-0.4, -0.2) is 60.0 Å². The molecule has 4 rings (SSSR count). The molecule has 2 saturated carbocycles. The zero-order valence-corrected chi connectivity index (χ0v) is 19.6. The van der Waals surface area contributed by atoms with Gasteiger partial charge in [-0.15, -0.1) is 0 Å². The van der Waals surface area contributed by atoms with Gasteiger partial charge in [-0.2, -0.15) is 0 Å². The van der Waals surface area contributed by atoms with Gasteiger partial charge in [0.15, 0.2) is 0 Å². The molecular weight excluding hydrogens is 388 g/mol. The number of rotatable bonds is 8. The average Bonchev–Trinajstić information content (AvgIpc) is 3.53. The molecular formula is C26H44N2O3. The number of hydrogen-bond acceptors (Lipinski definition) is 3. The van der Waals surface area contributed by atoms with E-state index in [0.29, 0.717) is 11.8 Å². The van der Waals surface area contributed by atoms with Crippen LogP contribution in [0.1, 0.15) is 103 Å². The molecule has 31 heavy (non-hydrogen) atoms. The normalized spacial score (nSPS) is 25.7. The number of likely N-dealkylation sites (tertiary alicyclic amines) is 2. The van der Waals surface area contributed by atoms with Crippen molar-refractivity contribution in [3.63, 3.8) is 0 Å². The molecule has 2 atom stereocenters. The quantitative estimate of drug-likeness (QED) is 0.547. The Balaban J connectivity index is 1.47. The zero-order valence-electron chi connectivity index (χ0n) is 19.6. The van der Waals surface area contributed by atoms with Crippen molar-refractivity contribution in [1.82, 2.24) is 9.80 Å². The molecule has 2 amide bonds. The third-order valence-electron chi connectivity index (χ3n) is 8.26. The molecule has 5 nitrogen and oxygen atoms in total. The molecule has 0 bridgehead atoms. The fourth-order valence-electron chi connectivity index (χ4n) is 6.36. The van der Waals surface area contributed by atoms with E-state index in [2.05, 4.69) is 0 Å². The predicted octanol–water partition coefficient (Wildman–Crippen LogP) is 4.93. The molecule has 0 spiro atoms. The van der Waals surface area contributed by atoms with Crippen LogP contribution < -0.4 is 0 Å². The summed E-state index contributed by atoms with van der Waals surface area (Å²) in [5.41, 5.74) is 0. The molecule has 4 aliphatic rings. The molecule has 0 aromatic carbocycles. The highest BCUT2D eigenvalue weighted by Gasteiger charge is 2.37.